The highest BCUT2D eigenvalue weighted by atomic mass is 79.9. The molecule has 0 spiro atoms. The van der Waals surface area contributed by atoms with Crippen molar-refractivity contribution in [2.24, 2.45) is 0 Å². The Morgan fingerprint density at radius 1 is 1.50 bits per heavy atom. The Bertz CT molecular complexity index is 322. The fraction of sp³-hybridized carbons (Fsp3) is 0.600. The maximum Gasteiger partial charge on any atom is 0.0702 e. The van der Waals surface area contributed by atoms with E-state index in [-0.39, 0.29) is 5.54 Å². The van der Waals surface area contributed by atoms with Gasteiger partial charge in [0.25, 0.3) is 0 Å². The van der Waals surface area contributed by atoms with Crippen molar-refractivity contribution in [3.63, 3.8) is 0 Å². The zero-order chi connectivity index (χ0) is 10.2. The van der Waals surface area contributed by atoms with Gasteiger partial charge in [-0.25, -0.2) is 0 Å². The van der Waals surface area contributed by atoms with E-state index in [0.29, 0.717) is 6.04 Å². The molecule has 2 heterocycles. The molecule has 0 radical (unpaired) electrons. The van der Waals surface area contributed by atoms with Crippen LogP contribution in [0.15, 0.2) is 15.9 Å². The molecule has 78 valence electrons. The van der Waals surface area contributed by atoms with Crippen molar-refractivity contribution in [3.05, 3.63) is 20.8 Å². The van der Waals surface area contributed by atoms with Gasteiger partial charge in [0.05, 0.1) is 9.83 Å². The van der Waals surface area contributed by atoms with Crippen LogP contribution in [-0.4, -0.2) is 18.6 Å². The highest BCUT2D eigenvalue weighted by Crippen LogP contribution is 2.29. The van der Waals surface area contributed by atoms with Crippen molar-refractivity contribution in [1.82, 2.24) is 10.6 Å². The van der Waals surface area contributed by atoms with Crippen LogP contribution in [-0.2, 0) is 0 Å². The third-order valence-corrected chi connectivity index (χ3v) is 4.16. The topological polar surface area (TPSA) is 24.1 Å². The molecule has 14 heavy (non-hydrogen) atoms. The first kappa shape index (κ1) is 10.6. The second-order valence-electron chi connectivity index (χ2n) is 4.35. The molecule has 1 unspecified atom stereocenters. The first-order chi connectivity index (χ1) is 6.57. The summed E-state index contributed by atoms with van der Waals surface area (Å²) >= 11 is 5.31. The Morgan fingerprint density at radius 2 is 2.29 bits per heavy atom. The van der Waals surface area contributed by atoms with E-state index in [1.165, 1.54) is 8.66 Å². The summed E-state index contributed by atoms with van der Waals surface area (Å²) in [6, 6.07) is 4.76. The van der Waals surface area contributed by atoms with Crippen molar-refractivity contribution >= 4 is 27.3 Å². The van der Waals surface area contributed by atoms with Crippen LogP contribution in [0.1, 0.15) is 24.8 Å². The van der Waals surface area contributed by atoms with E-state index in [4.69, 9.17) is 0 Å². The van der Waals surface area contributed by atoms with Gasteiger partial charge in [-0.2, -0.15) is 0 Å². The lowest BCUT2D eigenvalue weighted by molar-refractivity contribution is 0.267. The van der Waals surface area contributed by atoms with Crippen LogP contribution in [0.2, 0.25) is 0 Å². The van der Waals surface area contributed by atoms with Gasteiger partial charge < -0.3 is 10.6 Å². The standard InChI is InChI=1S/C10H15BrN2S/c1-10(2)6-12-5-7(13-10)8-3-4-9(11)14-8/h3-4,7,12-13H,5-6H2,1-2H3. The predicted octanol–water partition coefficient (Wildman–Crippen LogP) is 2.52. The summed E-state index contributed by atoms with van der Waals surface area (Å²) < 4.78 is 1.21. The quantitative estimate of drug-likeness (QED) is 0.823. The van der Waals surface area contributed by atoms with Gasteiger partial charge in [-0.1, -0.05) is 0 Å². The third-order valence-electron chi connectivity index (χ3n) is 2.42. The summed E-state index contributed by atoms with van der Waals surface area (Å²) in [5, 5.41) is 7.11. The minimum Gasteiger partial charge on any atom is -0.313 e. The smallest absolute Gasteiger partial charge is 0.0702 e. The fourth-order valence-corrected chi connectivity index (χ4v) is 3.26. The molecule has 1 aromatic heterocycles. The first-order valence-electron chi connectivity index (χ1n) is 4.80. The van der Waals surface area contributed by atoms with Crippen molar-refractivity contribution in [2.45, 2.75) is 25.4 Å². The number of hydrogen-bond acceptors (Lipinski definition) is 3. The number of nitrogens with one attached hydrogen (secondary N) is 2. The monoisotopic (exact) mass is 274 g/mol. The Balaban J connectivity index is 2.12. The average Bonchev–Trinajstić information content (AvgIpc) is 2.50. The van der Waals surface area contributed by atoms with Gasteiger partial charge in [0.15, 0.2) is 0 Å². The van der Waals surface area contributed by atoms with Crippen LogP contribution in [0.5, 0.6) is 0 Å². The lowest BCUT2D eigenvalue weighted by Crippen LogP contribution is -2.56. The maximum atomic E-state index is 3.65. The largest absolute Gasteiger partial charge is 0.313 e. The Kier molecular flexibility index (Phi) is 2.98. The molecule has 2 nitrogen and oxygen atoms in total. The van der Waals surface area contributed by atoms with Gasteiger partial charge >= 0.3 is 0 Å². The lowest BCUT2D eigenvalue weighted by Gasteiger charge is -2.37. The molecule has 1 saturated heterocycles. The van der Waals surface area contributed by atoms with E-state index in [2.05, 4.69) is 52.5 Å². The summed E-state index contributed by atoms with van der Waals surface area (Å²) in [5.41, 5.74) is 0.194. The number of rotatable bonds is 1. The van der Waals surface area contributed by atoms with Crippen LogP contribution >= 0.6 is 27.3 Å². The minimum atomic E-state index is 0.194. The highest BCUT2D eigenvalue weighted by Gasteiger charge is 2.27. The van der Waals surface area contributed by atoms with E-state index >= 15 is 0 Å². The highest BCUT2D eigenvalue weighted by molar-refractivity contribution is 9.11. The SMILES string of the molecule is CC1(C)CNCC(c2ccc(Br)s2)N1. The van der Waals surface area contributed by atoms with E-state index in [0.717, 1.165) is 13.1 Å². The Labute approximate surface area is 97.2 Å². The molecule has 1 fully saturated rings. The van der Waals surface area contributed by atoms with E-state index in [1.807, 2.05) is 11.3 Å². The summed E-state index contributed by atoms with van der Waals surface area (Å²) in [6.45, 7) is 6.52. The van der Waals surface area contributed by atoms with Crippen molar-refractivity contribution in [2.75, 3.05) is 13.1 Å². The van der Waals surface area contributed by atoms with Crippen molar-refractivity contribution in [3.8, 4) is 0 Å². The zero-order valence-electron chi connectivity index (χ0n) is 8.43. The van der Waals surface area contributed by atoms with Gasteiger partial charge in [-0.15, -0.1) is 11.3 Å². The van der Waals surface area contributed by atoms with Gasteiger partial charge in [-0.05, 0) is 41.9 Å². The normalized spacial score (nSPS) is 26.4. The molecule has 1 aliphatic rings. The predicted molar refractivity (Wildman–Crippen MR) is 64.8 cm³/mol. The van der Waals surface area contributed by atoms with Crippen LogP contribution < -0.4 is 10.6 Å². The molecular weight excluding hydrogens is 260 g/mol. The summed E-state index contributed by atoms with van der Waals surface area (Å²) in [4.78, 5) is 1.40. The van der Waals surface area contributed by atoms with Crippen molar-refractivity contribution in [1.29, 1.82) is 0 Å². The number of thiophene rings is 1. The van der Waals surface area contributed by atoms with Gasteiger partial charge in [0.2, 0.25) is 0 Å². The average molecular weight is 275 g/mol. The van der Waals surface area contributed by atoms with Crippen LogP contribution in [0.4, 0.5) is 0 Å². The van der Waals surface area contributed by atoms with Crippen LogP contribution in [0, 0.1) is 0 Å². The van der Waals surface area contributed by atoms with Crippen LogP contribution in [0.3, 0.4) is 0 Å². The molecule has 2 N–H and O–H groups in total. The molecule has 0 aromatic carbocycles. The van der Waals surface area contributed by atoms with E-state index in [9.17, 15) is 0 Å². The van der Waals surface area contributed by atoms with Crippen LogP contribution in [0.25, 0.3) is 0 Å². The van der Waals surface area contributed by atoms with E-state index in [1.54, 1.807) is 0 Å². The minimum absolute atomic E-state index is 0.194. The van der Waals surface area contributed by atoms with Gasteiger partial charge in [-0.3, -0.25) is 0 Å². The fourth-order valence-electron chi connectivity index (χ4n) is 1.79. The molecule has 0 amide bonds. The Morgan fingerprint density at radius 3 is 2.86 bits per heavy atom. The second-order valence-corrected chi connectivity index (χ2v) is 6.85. The zero-order valence-corrected chi connectivity index (χ0v) is 10.8. The molecule has 1 atom stereocenters. The summed E-state index contributed by atoms with van der Waals surface area (Å²) in [6.07, 6.45) is 0. The molecule has 0 aliphatic carbocycles. The molecule has 4 heteroatoms. The van der Waals surface area contributed by atoms with Gasteiger partial charge in [0.1, 0.15) is 0 Å². The van der Waals surface area contributed by atoms with Crippen molar-refractivity contribution < 1.29 is 0 Å². The molecule has 1 aliphatic heterocycles. The maximum absolute atomic E-state index is 3.65. The number of halogens is 1. The second kappa shape index (κ2) is 3.93. The molecule has 1 aromatic rings. The molecule has 0 saturated carbocycles. The molecule has 2 rings (SSSR count). The van der Waals surface area contributed by atoms with Gasteiger partial charge in [0, 0.05) is 23.5 Å². The number of hydrogen-bond donors (Lipinski definition) is 2. The molecular formula is C10H15BrN2S. The first-order valence-corrected chi connectivity index (χ1v) is 6.41. The summed E-state index contributed by atoms with van der Waals surface area (Å²) in [5.74, 6) is 0. The van der Waals surface area contributed by atoms with E-state index < -0.39 is 0 Å². The lowest BCUT2D eigenvalue weighted by atomic mass is 10.00. The Hall–Kier alpha value is 0.1000. The third kappa shape index (κ3) is 2.37. The summed E-state index contributed by atoms with van der Waals surface area (Å²) in [7, 11) is 0. The molecule has 0 bridgehead atoms. The number of piperazine rings is 1.